The minimum absolute atomic E-state index is 0.527. The van der Waals surface area contributed by atoms with Crippen LogP contribution >= 0.6 is 11.3 Å². The van der Waals surface area contributed by atoms with E-state index in [0.717, 1.165) is 13.1 Å². The van der Waals surface area contributed by atoms with Crippen molar-refractivity contribution < 1.29 is 0 Å². The Labute approximate surface area is 109 Å². The van der Waals surface area contributed by atoms with Gasteiger partial charge in [0.2, 0.25) is 0 Å². The number of hydrogen-bond donors (Lipinski definition) is 1. The number of rotatable bonds is 4. The monoisotopic (exact) mass is 252 g/mol. The second kappa shape index (κ2) is 5.49. The Balaban J connectivity index is 1.78. The van der Waals surface area contributed by atoms with Gasteiger partial charge < -0.3 is 5.32 Å². The fraction of sp³-hybridized carbons (Fsp3) is 0.786. The number of hydrogen-bond acceptors (Lipinski definition) is 3. The van der Waals surface area contributed by atoms with E-state index in [1.54, 1.807) is 0 Å². The lowest BCUT2D eigenvalue weighted by atomic mass is 9.76. The molecular weight excluding hydrogens is 228 g/mol. The third-order valence-electron chi connectivity index (χ3n) is 3.96. The predicted molar refractivity (Wildman–Crippen MR) is 74.5 cm³/mol. The summed E-state index contributed by atoms with van der Waals surface area (Å²) < 4.78 is 0. The molecule has 0 bridgehead atoms. The van der Waals surface area contributed by atoms with Crippen LogP contribution in [0.2, 0.25) is 0 Å². The Hall–Kier alpha value is -0.410. The molecule has 3 heteroatoms. The summed E-state index contributed by atoms with van der Waals surface area (Å²) in [5.74, 6) is 0. The van der Waals surface area contributed by atoms with Crippen molar-refractivity contribution in [2.75, 3.05) is 6.54 Å². The number of thiazole rings is 1. The summed E-state index contributed by atoms with van der Waals surface area (Å²) in [6, 6.07) is 0. The van der Waals surface area contributed by atoms with Crippen molar-refractivity contribution in [3.63, 3.8) is 0 Å². The van der Waals surface area contributed by atoms with Crippen LogP contribution < -0.4 is 5.32 Å². The van der Waals surface area contributed by atoms with Gasteiger partial charge in [-0.15, -0.1) is 11.3 Å². The lowest BCUT2D eigenvalue weighted by molar-refractivity contribution is 0.207. The highest BCUT2D eigenvalue weighted by Crippen LogP contribution is 2.35. The van der Waals surface area contributed by atoms with Gasteiger partial charge in [0, 0.05) is 18.0 Å². The van der Waals surface area contributed by atoms with E-state index in [9.17, 15) is 0 Å². The van der Waals surface area contributed by atoms with Crippen LogP contribution in [0.25, 0.3) is 0 Å². The third-order valence-corrected chi connectivity index (χ3v) is 5.03. The van der Waals surface area contributed by atoms with Gasteiger partial charge in [-0.3, -0.25) is 0 Å². The van der Waals surface area contributed by atoms with Crippen molar-refractivity contribution in [3.05, 3.63) is 15.6 Å². The second-order valence-electron chi connectivity index (χ2n) is 5.72. The number of nitrogens with zero attached hydrogens (tertiary/aromatic N) is 1. The highest BCUT2D eigenvalue weighted by molar-refractivity contribution is 7.11. The average Bonchev–Trinajstić information content (AvgIpc) is 2.59. The zero-order valence-corrected chi connectivity index (χ0v) is 12.1. The summed E-state index contributed by atoms with van der Waals surface area (Å²) in [5.41, 5.74) is 1.72. The highest BCUT2D eigenvalue weighted by Gasteiger charge is 2.26. The molecule has 1 heterocycles. The maximum atomic E-state index is 4.57. The molecule has 0 unspecified atom stereocenters. The van der Waals surface area contributed by atoms with Crippen LogP contribution in [-0.2, 0) is 6.54 Å². The van der Waals surface area contributed by atoms with Gasteiger partial charge in [-0.1, -0.05) is 26.2 Å². The maximum absolute atomic E-state index is 4.57. The Morgan fingerprint density at radius 2 is 1.94 bits per heavy atom. The first-order valence-electron chi connectivity index (χ1n) is 6.73. The van der Waals surface area contributed by atoms with Crippen molar-refractivity contribution in [2.45, 2.75) is 59.4 Å². The average molecular weight is 252 g/mol. The molecule has 0 saturated heterocycles. The van der Waals surface area contributed by atoms with Crippen LogP contribution in [0.15, 0.2) is 0 Å². The summed E-state index contributed by atoms with van der Waals surface area (Å²) in [5, 5.41) is 4.84. The minimum Gasteiger partial charge on any atom is -0.310 e. The maximum Gasteiger partial charge on any atom is 0.107 e. The lowest BCUT2D eigenvalue weighted by Crippen LogP contribution is -2.33. The number of aromatic nitrogens is 1. The van der Waals surface area contributed by atoms with Crippen LogP contribution in [0, 0.1) is 19.3 Å². The van der Waals surface area contributed by atoms with Crippen molar-refractivity contribution in [1.82, 2.24) is 10.3 Å². The zero-order chi connectivity index (χ0) is 12.3. The Morgan fingerprint density at radius 1 is 1.24 bits per heavy atom. The molecular formula is C14H24N2S. The molecule has 0 aromatic carbocycles. The quantitative estimate of drug-likeness (QED) is 0.881. The molecule has 1 saturated carbocycles. The predicted octanol–water partition coefficient (Wildman–Crippen LogP) is 3.82. The van der Waals surface area contributed by atoms with E-state index in [0.29, 0.717) is 5.41 Å². The van der Waals surface area contributed by atoms with E-state index >= 15 is 0 Å². The SMILES string of the molecule is Cc1nc(CNCC2(C)CCCCC2)sc1C. The summed E-state index contributed by atoms with van der Waals surface area (Å²) in [6.07, 6.45) is 7.02. The van der Waals surface area contributed by atoms with Gasteiger partial charge in [0.25, 0.3) is 0 Å². The molecule has 1 fully saturated rings. The summed E-state index contributed by atoms with van der Waals surface area (Å²) >= 11 is 1.83. The fourth-order valence-corrected chi connectivity index (χ4v) is 3.57. The van der Waals surface area contributed by atoms with Gasteiger partial charge >= 0.3 is 0 Å². The van der Waals surface area contributed by atoms with Crippen molar-refractivity contribution in [2.24, 2.45) is 5.41 Å². The Kier molecular flexibility index (Phi) is 4.21. The molecule has 0 radical (unpaired) electrons. The third kappa shape index (κ3) is 3.52. The van der Waals surface area contributed by atoms with E-state index in [1.807, 2.05) is 11.3 Å². The van der Waals surface area contributed by atoms with Crippen molar-refractivity contribution in [3.8, 4) is 0 Å². The van der Waals surface area contributed by atoms with Crippen LogP contribution in [-0.4, -0.2) is 11.5 Å². The first-order valence-corrected chi connectivity index (χ1v) is 7.54. The van der Waals surface area contributed by atoms with Gasteiger partial charge in [0.15, 0.2) is 0 Å². The molecule has 1 N–H and O–H groups in total. The summed E-state index contributed by atoms with van der Waals surface area (Å²) in [6.45, 7) is 8.76. The van der Waals surface area contributed by atoms with Gasteiger partial charge in [0.1, 0.15) is 5.01 Å². The minimum atomic E-state index is 0.527. The smallest absolute Gasteiger partial charge is 0.107 e. The molecule has 1 aliphatic carbocycles. The Morgan fingerprint density at radius 3 is 2.53 bits per heavy atom. The van der Waals surface area contributed by atoms with Crippen LogP contribution in [0.3, 0.4) is 0 Å². The number of aryl methyl sites for hydroxylation is 2. The first-order chi connectivity index (χ1) is 8.09. The van der Waals surface area contributed by atoms with Crippen LogP contribution in [0.4, 0.5) is 0 Å². The molecule has 0 amide bonds. The molecule has 0 aliphatic heterocycles. The molecule has 0 atom stereocenters. The summed E-state index contributed by atoms with van der Waals surface area (Å²) in [4.78, 5) is 5.92. The zero-order valence-electron chi connectivity index (χ0n) is 11.3. The largest absolute Gasteiger partial charge is 0.310 e. The molecule has 2 rings (SSSR count). The summed E-state index contributed by atoms with van der Waals surface area (Å²) in [7, 11) is 0. The molecule has 1 aromatic heterocycles. The molecule has 96 valence electrons. The lowest BCUT2D eigenvalue weighted by Gasteiger charge is -2.33. The van der Waals surface area contributed by atoms with E-state index in [1.165, 1.54) is 47.7 Å². The van der Waals surface area contributed by atoms with E-state index in [-0.39, 0.29) is 0 Å². The first kappa shape index (κ1) is 13.0. The van der Waals surface area contributed by atoms with E-state index in [4.69, 9.17) is 0 Å². The van der Waals surface area contributed by atoms with Gasteiger partial charge in [-0.2, -0.15) is 0 Å². The highest BCUT2D eigenvalue weighted by atomic mass is 32.1. The van der Waals surface area contributed by atoms with Gasteiger partial charge in [-0.05, 0) is 32.1 Å². The molecule has 1 aliphatic rings. The van der Waals surface area contributed by atoms with Gasteiger partial charge in [-0.25, -0.2) is 4.98 Å². The van der Waals surface area contributed by atoms with E-state index in [2.05, 4.69) is 31.1 Å². The topological polar surface area (TPSA) is 24.9 Å². The van der Waals surface area contributed by atoms with Crippen LogP contribution in [0.5, 0.6) is 0 Å². The molecule has 2 nitrogen and oxygen atoms in total. The molecule has 1 aromatic rings. The van der Waals surface area contributed by atoms with Crippen molar-refractivity contribution >= 4 is 11.3 Å². The standard InChI is InChI=1S/C14H24N2S/c1-11-12(2)17-13(16-11)9-15-10-14(3)7-5-4-6-8-14/h15H,4-10H2,1-3H3. The molecule has 17 heavy (non-hydrogen) atoms. The normalized spacial score (nSPS) is 19.5. The number of nitrogens with one attached hydrogen (secondary N) is 1. The van der Waals surface area contributed by atoms with Crippen molar-refractivity contribution in [1.29, 1.82) is 0 Å². The fourth-order valence-electron chi connectivity index (χ4n) is 2.67. The Bertz CT molecular complexity index is 345. The second-order valence-corrected chi connectivity index (χ2v) is 7.01. The van der Waals surface area contributed by atoms with Gasteiger partial charge in [0.05, 0.1) is 5.69 Å². The van der Waals surface area contributed by atoms with Crippen LogP contribution in [0.1, 0.15) is 54.6 Å². The molecule has 0 spiro atoms. The van der Waals surface area contributed by atoms with E-state index < -0.39 is 0 Å².